The van der Waals surface area contributed by atoms with Gasteiger partial charge in [0.25, 0.3) is 0 Å². The summed E-state index contributed by atoms with van der Waals surface area (Å²) in [5.74, 6) is 1.08. The molecule has 0 atom stereocenters. The van der Waals surface area contributed by atoms with Crippen LogP contribution in [0, 0.1) is 0 Å². The van der Waals surface area contributed by atoms with Gasteiger partial charge in [-0.05, 0) is 17.0 Å². The molecule has 0 aromatic carbocycles. The monoisotopic (exact) mass is 180 g/mol. The molecule has 1 heterocycles. The van der Waals surface area contributed by atoms with Gasteiger partial charge in [-0.1, -0.05) is 20.8 Å². The molecule has 0 saturated heterocycles. The molecule has 0 aliphatic heterocycles. The molecule has 0 spiro atoms. The van der Waals surface area contributed by atoms with Crippen LogP contribution < -0.4 is 10.5 Å². The van der Waals surface area contributed by atoms with Crippen molar-refractivity contribution in [1.82, 2.24) is 4.98 Å². The number of anilines is 1. The normalized spacial score (nSPS) is 11.4. The van der Waals surface area contributed by atoms with Crippen molar-refractivity contribution in [1.29, 1.82) is 0 Å². The van der Waals surface area contributed by atoms with Crippen LogP contribution in [-0.2, 0) is 5.41 Å². The highest BCUT2D eigenvalue weighted by Gasteiger charge is 2.15. The van der Waals surface area contributed by atoms with Crippen molar-refractivity contribution in [2.24, 2.45) is 0 Å². The van der Waals surface area contributed by atoms with Crippen LogP contribution in [0.25, 0.3) is 0 Å². The number of rotatable bonds is 1. The van der Waals surface area contributed by atoms with Crippen LogP contribution in [0.3, 0.4) is 0 Å². The Hall–Kier alpha value is -1.25. The molecule has 72 valence electrons. The summed E-state index contributed by atoms with van der Waals surface area (Å²) in [5, 5.41) is 0. The first-order chi connectivity index (χ1) is 5.93. The number of nitrogen functional groups attached to an aromatic ring is 1. The second-order valence-corrected chi connectivity index (χ2v) is 4.07. The fourth-order valence-electron chi connectivity index (χ4n) is 1.06. The SMILES string of the molecule is COc1cc(C(C)(C)C)cc(N)n1. The lowest BCUT2D eigenvalue weighted by Gasteiger charge is -2.19. The molecule has 13 heavy (non-hydrogen) atoms. The summed E-state index contributed by atoms with van der Waals surface area (Å²) in [6.45, 7) is 6.38. The van der Waals surface area contributed by atoms with E-state index in [1.165, 1.54) is 0 Å². The zero-order valence-electron chi connectivity index (χ0n) is 8.59. The first-order valence-electron chi connectivity index (χ1n) is 4.25. The van der Waals surface area contributed by atoms with Gasteiger partial charge in [0.15, 0.2) is 0 Å². The van der Waals surface area contributed by atoms with Crippen molar-refractivity contribution >= 4 is 5.82 Å². The summed E-state index contributed by atoms with van der Waals surface area (Å²) in [5.41, 5.74) is 6.85. The van der Waals surface area contributed by atoms with E-state index in [2.05, 4.69) is 25.8 Å². The van der Waals surface area contributed by atoms with Crippen LogP contribution in [0.5, 0.6) is 5.88 Å². The lowest BCUT2D eigenvalue weighted by atomic mass is 9.88. The third kappa shape index (κ3) is 2.34. The van der Waals surface area contributed by atoms with E-state index in [1.807, 2.05) is 12.1 Å². The van der Waals surface area contributed by atoms with Crippen molar-refractivity contribution in [2.75, 3.05) is 12.8 Å². The predicted octanol–water partition coefficient (Wildman–Crippen LogP) is 1.97. The number of hydrogen-bond donors (Lipinski definition) is 1. The van der Waals surface area contributed by atoms with Gasteiger partial charge in [0, 0.05) is 6.07 Å². The first kappa shape index (κ1) is 9.84. The number of hydrogen-bond acceptors (Lipinski definition) is 3. The first-order valence-corrected chi connectivity index (χ1v) is 4.25. The van der Waals surface area contributed by atoms with E-state index in [4.69, 9.17) is 10.5 Å². The van der Waals surface area contributed by atoms with Crippen molar-refractivity contribution in [3.8, 4) is 5.88 Å². The quantitative estimate of drug-likeness (QED) is 0.718. The number of methoxy groups -OCH3 is 1. The molecule has 1 aromatic heterocycles. The highest BCUT2D eigenvalue weighted by atomic mass is 16.5. The molecule has 0 unspecified atom stereocenters. The predicted molar refractivity (Wildman–Crippen MR) is 53.9 cm³/mol. The number of aromatic nitrogens is 1. The van der Waals surface area contributed by atoms with E-state index in [1.54, 1.807) is 7.11 Å². The lowest BCUT2D eigenvalue weighted by Crippen LogP contribution is -2.12. The average Bonchev–Trinajstić information content (AvgIpc) is 2.01. The molecule has 0 radical (unpaired) electrons. The van der Waals surface area contributed by atoms with Gasteiger partial charge in [0.2, 0.25) is 5.88 Å². The second kappa shape index (κ2) is 3.24. The van der Waals surface area contributed by atoms with E-state index >= 15 is 0 Å². The lowest BCUT2D eigenvalue weighted by molar-refractivity contribution is 0.396. The van der Waals surface area contributed by atoms with E-state index in [9.17, 15) is 0 Å². The average molecular weight is 180 g/mol. The number of ether oxygens (including phenoxy) is 1. The maximum Gasteiger partial charge on any atom is 0.215 e. The van der Waals surface area contributed by atoms with E-state index in [0.717, 1.165) is 5.56 Å². The maximum atomic E-state index is 5.64. The largest absolute Gasteiger partial charge is 0.481 e. The third-order valence-electron chi connectivity index (χ3n) is 1.90. The third-order valence-corrected chi connectivity index (χ3v) is 1.90. The summed E-state index contributed by atoms with van der Waals surface area (Å²) in [7, 11) is 1.59. The summed E-state index contributed by atoms with van der Waals surface area (Å²) < 4.78 is 5.04. The Morgan fingerprint density at radius 3 is 2.38 bits per heavy atom. The number of nitrogens with two attached hydrogens (primary N) is 1. The van der Waals surface area contributed by atoms with Gasteiger partial charge in [0.05, 0.1) is 7.11 Å². The molecular weight excluding hydrogens is 164 g/mol. The molecule has 0 aliphatic rings. The Bertz CT molecular complexity index is 302. The van der Waals surface area contributed by atoms with Crippen LogP contribution in [0.15, 0.2) is 12.1 Å². The van der Waals surface area contributed by atoms with E-state index in [0.29, 0.717) is 11.7 Å². The minimum absolute atomic E-state index is 0.0737. The van der Waals surface area contributed by atoms with Crippen LogP contribution in [0.2, 0.25) is 0 Å². The Labute approximate surface area is 78.9 Å². The van der Waals surface area contributed by atoms with Crippen LogP contribution >= 0.6 is 0 Å². The van der Waals surface area contributed by atoms with Gasteiger partial charge in [0.1, 0.15) is 5.82 Å². The molecule has 0 aliphatic carbocycles. The summed E-state index contributed by atoms with van der Waals surface area (Å²) in [6, 6.07) is 3.79. The Morgan fingerprint density at radius 1 is 1.31 bits per heavy atom. The van der Waals surface area contributed by atoms with Gasteiger partial charge >= 0.3 is 0 Å². The second-order valence-electron chi connectivity index (χ2n) is 4.07. The van der Waals surface area contributed by atoms with E-state index in [-0.39, 0.29) is 5.41 Å². The smallest absolute Gasteiger partial charge is 0.215 e. The Balaban J connectivity index is 3.16. The zero-order valence-corrected chi connectivity index (χ0v) is 8.59. The van der Waals surface area contributed by atoms with Gasteiger partial charge in [-0.3, -0.25) is 0 Å². The number of pyridine rings is 1. The molecular formula is C10H16N2O. The highest BCUT2D eigenvalue weighted by molar-refractivity contribution is 5.40. The summed E-state index contributed by atoms with van der Waals surface area (Å²) >= 11 is 0. The van der Waals surface area contributed by atoms with Gasteiger partial charge < -0.3 is 10.5 Å². The van der Waals surface area contributed by atoms with E-state index < -0.39 is 0 Å². The van der Waals surface area contributed by atoms with Crippen LogP contribution in [-0.4, -0.2) is 12.1 Å². The fraction of sp³-hybridized carbons (Fsp3) is 0.500. The molecule has 1 rings (SSSR count). The zero-order chi connectivity index (χ0) is 10.1. The summed E-state index contributed by atoms with van der Waals surface area (Å²) in [6.07, 6.45) is 0. The maximum absolute atomic E-state index is 5.64. The minimum Gasteiger partial charge on any atom is -0.481 e. The highest BCUT2D eigenvalue weighted by Crippen LogP contribution is 2.26. The molecule has 0 saturated carbocycles. The van der Waals surface area contributed by atoms with Crippen molar-refractivity contribution < 1.29 is 4.74 Å². The van der Waals surface area contributed by atoms with Gasteiger partial charge in [-0.15, -0.1) is 0 Å². The molecule has 3 nitrogen and oxygen atoms in total. The summed E-state index contributed by atoms with van der Waals surface area (Å²) in [4.78, 5) is 4.02. The molecule has 1 aromatic rings. The topological polar surface area (TPSA) is 48.1 Å². The Kier molecular flexibility index (Phi) is 2.45. The Morgan fingerprint density at radius 2 is 1.92 bits per heavy atom. The van der Waals surface area contributed by atoms with Crippen LogP contribution in [0.1, 0.15) is 26.3 Å². The number of nitrogens with zero attached hydrogens (tertiary/aromatic N) is 1. The van der Waals surface area contributed by atoms with Gasteiger partial charge in [-0.25, -0.2) is 0 Å². The molecule has 2 N–H and O–H groups in total. The minimum atomic E-state index is 0.0737. The molecule has 0 fully saturated rings. The van der Waals surface area contributed by atoms with Crippen molar-refractivity contribution in [2.45, 2.75) is 26.2 Å². The van der Waals surface area contributed by atoms with Crippen molar-refractivity contribution in [3.05, 3.63) is 17.7 Å². The van der Waals surface area contributed by atoms with Crippen molar-refractivity contribution in [3.63, 3.8) is 0 Å². The standard InChI is InChI=1S/C10H16N2O/c1-10(2,3)7-5-8(11)12-9(6-7)13-4/h5-6H,1-4H3,(H2,11,12). The molecule has 0 bridgehead atoms. The van der Waals surface area contributed by atoms with Crippen LogP contribution in [0.4, 0.5) is 5.82 Å². The molecule has 3 heteroatoms. The van der Waals surface area contributed by atoms with Gasteiger partial charge in [-0.2, -0.15) is 4.98 Å². The fourth-order valence-corrected chi connectivity index (χ4v) is 1.06. The molecule has 0 amide bonds.